The molecule has 2 aromatic heterocycles. The minimum absolute atomic E-state index is 0.0496. The zero-order valence-electron chi connectivity index (χ0n) is 20.9. The van der Waals surface area contributed by atoms with E-state index in [1.807, 2.05) is 55.5 Å². The lowest BCUT2D eigenvalue weighted by molar-refractivity contribution is 0.236. The van der Waals surface area contributed by atoms with Gasteiger partial charge in [0.25, 0.3) is 0 Å². The summed E-state index contributed by atoms with van der Waals surface area (Å²) in [5, 5.41) is 13.8. The van der Waals surface area contributed by atoms with Gasteiger partial charge in [-0.1, -0.05) is 54.1 Å². The highest BCUT2D eigenvalue weighted by atomic mass is 35.5. The number of anilines is 1. The van der Waals surface area contributed by atoms with E-state index in [9.17, 15) is 9.18 Å². The smallest absolute Gasteiger partial charge is 0.315 e. The third kappa shape index (κ3) is 5.19. The first-order valence-electron chi connectivity index (χ1n) is 12.1. The number of nitrogens with one attached hydrogen (secondary N) is 4. The fraction of sp³-hybridized carbons (Fsp3) is 0.179. The number of aryl methyl sites for hydroxylation is 2. The van der Waals surface area contributed by atoms with Crippen molar-refractivity contribution >= 4 is 34.4 Å². The van der Waals surface area contributed by atoms with Crippen LogP contribution in [0.15, 0.2) is 60.7 Å². The Kier molecular flexibility index (Phi) is 7.02. The number of halogens is 2. The lowest BCUT2D eigenvalue weighted by Gasteiger charge is -2.18. The summed E-state index contributed by atoms with van der Waals surface area (Å²) in [6, 6.07) is 17.6. The number of nitrogens with two attached hydrogens (primary N) is 1. The van der Waals surface area contributed by atoms with Crippen LogP contribution in [0.25, 0.3) is 22.2 Å². The minimum atomic E-state index is -0.478. The van der Waals surface area contributed by atoms with E-state index in [2.05, 4.69) is 25.8 Å². The molecule has 0 saturated heterocycles. The molecule has 6 N–H and O–H groups in total. The van der Waals surface area contributed by atoms with E-state index in [4.69, 9.17) is 22.3 Å². The lowest BCUT2D eigenvalue weighted by atomic mass is 10.1. The number of urea groups is 1. The average Bonchev–Trinajstić information content (AvgIpc) is 3.48. The monoisotopic (exact) mass is 531 g/mol. The van der Waals surface area contributed by atoms with Gasteiger partial charge < -0.3 is 21.4 Å². The molecule has 10 heteroatoms. The van der Waals surface area contributed by atoms with Crippen LogP contribution in [-0.2, 0) is 13.0 Å². The van der Waals surface area contributed by atoms with E-state index >= 15 is 0 Å². The molecule has 0 radical (unpaired) electrons. The highest BCUT2D eigenvalue weighted by Crippen LogP contribution is 2.29. The molecule has 0 fully saturated rings. The van der Waals surface area contributed by atoms with Crippen LogP contribution in [0.3, 0.4) is 0 Å². The maximum absolute atomic E-state index is 14.3. The van der Waals surface area contributed by atoms with Crippen LogP contribution in [0.2, 0.25) is 5.02 Å². The van der Waals surface area contributed by atoms with Crippen LogP contribution in [-0.4, -0.2) is 26.2 Å². The van der Waals surface area contributed by atoms with E-state index < -0.39 is 17.9 Å². The zero-order chi connectivity index (χ0) is 26.8. The van der Waals surface area contributed by atoms with Crippen molar-refractivity contribution in [3.63, 3.8) is 0 Å². The minimum Gasteiger partial charge on any atom is -0.382 e. The molecule has 0 spiro atoms. The molecule has 0 bridgehead atoms. The van der Waals surface area contributed by atoms with E-state index in [-0.39, 0.29) is 12.1 Å². The third-order valence-corrected chi connectivity index (χ3v) is 7.02. The second kappa shape index (κ2) is 10.5. The summed E-state index contributed by atoms with van der Waals surface area (Å²) in [6.45, 7) is 3.67. The number of hydrogen-bond acceptors (Lipinski definition) is 4. The van der Waals surface area contributed by atoms with Crippen LogP contribution in [0.4, 0.5) is 15.0 Å². The van der Waals surface area contributed by atoms with E-state index in [1.54, 1.807) is 13.0 Å². The van der Waals surface area contributed by atoms with Crippen molar-refractivity contribution in [2.75, 3.05) is 5.73 Å². The molecule has 0 aliphatic rings. The van der Waals surface area contributed by atoms with Crippen molar-refractivity contribution in [2.24, 2.45) is 0 Å². The first-order valence-corrected chi connectivity index (χ1v) is 12.5. The van der Waals surface area contributed by atoms with Crippen molar-refractivity contribution in [3.05, 3.63) is 99.7 Å². The molecule has 2 amide bonds. The average molecular weight is 532 g/mol. The maximum Gasteiger partial charge on any atom is 0.315 e. The topological polar surface area (TPSA) is 125 Å². The fourth-order valence-corrected chi connectivity index (χ4v) is 4.66. The number of carbonyl (C=O) groups is 1. The van der Waals surface area contributed by atoms with Crippen LogP contribution < -0.4 is 16.4 Å². The Balaban J connectivity index is 1.40. The first-order chi connectivity index (χ1) is 18.3. The number of H-pyrrole nitrogens is 2. The summed E-state index contributed by atoms with van der Waals surface area (Å²) in [6.07, 6.45) is 0.496. The molecular formula is C28H27ClFN7O. The standard InChI is InChI=1S/C28H27ClFN7O/c1-15-8-11-21(30)20(24(15)29)14-32-28(38)34-23(12-17-6-4-3-5-7-17)27-33-16(2)25(35-27)18-9-10-19-22(13-18)36-37-26(19)31/h3-11,13,23H,12,14H2,1-2H3,(H,33,35)(H3,31,36,37)(H2,32,34,38)/t23-/m0/s1. The van der Waals surface area contributed by atoms with Crippen molar-refractivity contribution < 1.29 is 9.18 Å². The Morgan fingerprint density at radius 2 is 1.92 bits per heavy atom. The van der Waals surface area contributed by atoms with Gasteiger partial charge in [0, 0.05) is 28.8 Å². The van der Waals surface area contributed by atoms with Crippen LogP contribution in [0, 0.1) is 19.7 Å². The van der Waals surface area contributed by atoms with Crippen LogP contribution >= 0.6 is 11.6 Å². The van der Waals surface area contributed by atoms with Gasteiger partial charge in [0.15, 0.2) is 5.82 Å². The van der Waals surface area contributed by atoms with Gasteiger partial charge in [0.2, 0.25) is 0 Å². The summed E-state index contributed by atoms with van der Waals surface area (Å²) in [4.78, 5) is 21.1. The number of benzene rings is 3. The Morgan fingerprint density at radius 1 is 1.13 bits per heavy atom. The molecule has 5 rings (SSSR count). The van der Waals surface area contributed by atoms with Crippen molar-refractivity contribution in [3.8, 4) is 11.3 Å². The number of aromatic amines is 2. The van der Waals surface area contributed by atoms with Crippen molar-refractivity contribution in [1.82, 2.24) is 30.8 Å². The first kappa shape index (κ1) is 25.3. The number of amides is 2. The van der Waals surface area contributed by atoms with Gasteiger partial charge >= 0.3 is 6.03 Å². The normalized spacial score (nSPS) is 12.0. The summed E-state index contributed by atoms with van der Waals surface area (Å²) < 4.78 is 14.3. The van der Waals surface area contributed by atoms with Gasteiger partial charge in [-0.2, -0.15) is 5.10 Å². The predicted molar refractivity (Wildman–Crippen MR) is 147 cm³/mol. The molecule has 0 aliphatic heterocycles. The molecule has 3 aromatic carbocycles. The number of aromatic nitrogens is 4. The molecule has 0 saturated carbocycles. The predicted octanol–water partition coefficient (Wildman–Crippen LogP) is 5.73. The largest absolute Gasteiger partial charge is 0.382 e. The van der Waals surface area contributed by atoms with Crippen LogP contribution in [0.5, 0.6) is 0 Å². The van der Waals surface area contributed by atoms with E-state index in [1.165, 1.54) is 6.07 Å². The van der Waals surface area contributed by atoms with Crippen molar-refractivity contribution in [1.29, 1.82) is 0 Å². The number of rotatable bonds is 7. The second-order valence-electron chi connectivity index (χ2n) is 9.19. The van der Waals surface area contributed by atoms with Gasteiger partial charge in [-0.3, -0.25) is 5.10 Å². The van der Waals surface area contributed by atoms with E-state index in [0.717, 1.165) is 39.0 Å². The highest BCUT2D eigenvalue weighted by molar-refractivity contribution is 6.32. The quantitative estimate of drug-likeness (QED) is 0.184. The number of nitrogen functional groups attached to an aromatic ring is 1. The fourth-order valence-electron chi connectivity index (χ4n) is 4.44. The number of hydrogen-bond donors (Lipinski definition) is 5. The molecule has 38 heavy (non-hydrogen) atoms. The number of imidazole rings is 1. The molecule has 1 atom stereocenters. The van der Waals surface area contributed by atoms with E-state index in [0.29, 0.717) is 23.1 Å². The zero-order valence-corrected chi connectivity index (χ0v) is 21.7. The number of fused-ring (bicyclic) bond motifs is 1. The second-order valence-corrected chi connectivity index (χ2v) is 9.57. The summed E-state index contributed by atoms with van der Waals surface area (Å²) >= 11 is 6.27. The lowest BCUT2D eigenvalue weighted by Crippen LogP contribution is -2.39. The molecule has 8 nitrogen and oxygen atoms in total. The van der Waals surface area contributed by atoms with Crippen molar-refractivity contribution in [2.45, 2.75) is 32.9 Å². The molecule has 5 aromatic rings. The maximum atomic E-state index is 14.3. The number of carbonyl (C=O) groups excluding carboxylic acids is 1. The third-order valence-electron chi connectivity index (χ3n) is 6.49. The summed E-state index contributed by atoms with van der Waals surface area (Å²) in [5.74, 6) is 0.570. The molecule has 0 unspecified atom stereocenters. The summed E-state index contributed by atoms with van der Waals surface area (Å²) in [7, 11) is 0. The van der Waals surface area contributed by atoms with Gasteiger partial charge in [0.05, 0.1) is 22.3 Å². The molecule has 0 aliphatic carbocycles. The Bertz CT molecular complexity index is 1610. The number of nitrogens with zero attached hydrogens (tertiary/aromatic N) is 2. The Labute approximate surface area is 223 Å². The SMILES string of the molecule is Cc1ccc(F)c(CNC(=O)N[C@@H](Cc2ccccc2)c2nc(-c3ccc4c(N)n[nH]c4c3)c(C)[nH]2)c1Cl. The molecule has 2 heterocycles. The molecular weight excluding hydrogens is 505 g/mol. The van der Waals surface area contributed by atoms with Gasteiger partial charge in [0.1, 0.15) is 11.6 Å². The molecule has 194 valence electrons. The van der Waals surface area contributed by atoms with Gasteiger partial charge in [-0.05, 0) is 49.6 Å². The van der Waals surface area contributed by atoms with Gasteiger partial charge in [-0.25, -0.2) is 14.2 Å². The van der Waals surface area contributed by atoms with Crippen LogP contribution in [0.1, 0.15) is 34.3 Å². The highest BCUT2D eigenvalue weighted by Gasteiger charge is 2.22. The Hall–Kier alpha value is -4.37. The Morgan fingerprint density at radius 3 is 2.71 bits per heavy atom. The summed E-state index contributed by atoms with van der Waals surface area (Å²) in [5.41, 5.74) is 11.2. The van der Waals surface area contributed by atoms with Gasteiger partial charge in [-0.15, -0.1) is 0 Å².